The maximum absolute atomic E-state index is 3.12. The minimum Gasteiger partial charge on any atom is -0.296 e. The Bertz CT molecular complexity index is 317. The van der Waals surface area contributed by atoms with Crippen molar-refractivity contribution < 1.29 is 0 Å². The highest BCUT2D eigenvalue weighted by Gasteiger charge is 1.95. The predicted molar refractivity (Wildman–Crippen MR) is 48.6 cm³/mol. The predicted octanol–water partition coefficient (Wildman–Crippen LogP) is 2.53. The number of hydrogen-bond acceptors (Lipinski definition) is 0. The minimum atomic E-state index is 1.22. The second-order valence-corrected chi connectivity index (χ2v) is 2.19. The largest absolute Gasteiger partial charge is 0.296 e. The van der Waals surface area contributed by atoms with Crippen LogP contribution in [0.2, 0.25) is 0 Å². The highest BCUT2D eigenvalue weighted by molar-refractivity contribution is 5.76. The Kier molecular flexibility index (Phi) is 2.36. The molecular weight excluding hydrogens is 136 g/mol. The van der Waals surface area contributed by atoms with E-state index in [1.165, 1.54) is 11.0 Å². The van der Waals surface area contributed by atoms with E-state index in [0.717, 1.165) is 0 Å². The Hall–Kier alpha value is -1.18. The Balaban J connectivity index is 0.000000281. The molecule has 2 aromatic rings. The van der Waals surface area contributed by atoms with E-state index in [9.17, 15) is 0 Å². The molecule has 0 amide bonds. The van der Waals surface area contributed by atoms with Gasteiger partial charge in [0.2, 0.25) is 0 Å². The van der Waals surface area contributed by atoms with Crippen molar-refractivity contribution in [2.45, 2.75) is 13.8 Å². The number of aryl methyl sites for hydroxylation is 1. The lowest BCUT2D eigenvalue weighted by atomic mass is 10.3. The van der Waals surface area contributed by atoms with Gasteiger partial charge < -0.3 is 0 Å². The monoisotopic (exact) mass is 150 g/mol. The van der Waals surface area contributed by atoms with Crippen molar-refractivity contribution in [1.29, 1.82) is 0 Å². The second-order valence-electron chi connectivity index (χ2n) is 2.19. The van der Waals surface area contributed by atoms with Gasteiger partial charge in [-0.3, -0.25) is 9.78 Å². The summed E-state index contributed by atoms with van der Waals surface area (Å²) in [5.41, 5.74) is 2.50. The zero-order valence-corrected chi connectivity index (χ0v) is 7.26. The van der Waals surface area contributed by atoms with E-state index in [4.69, 9.17) is 0 Å². The fourth-order valence-corrected chi connectivity index (χ4v) is 1.05. The molecule has 0 saturated heterocycles. The van der Waals surface area contributed by atoms with E-state index in [0.29, 0.717) is 0 Å². The van der Waals surface area contributed by atoms with Crippen molar-refractivity contribution >= 4 is 11.0 Å². The third-order valence-electron chi connectivity index (χ3n) is 1.55. The maximum Gasteiger partial charge on any atom is 0.0818 e. The number of H-pyrrole nitrogens is 1. The van der Waals surface area contributed by atoms with Gasteiger partial charge in [-0.1, -0.05) is 26.0 Å². The van der Waals surface area contributed by atoms with Crippen LogP contribution >= 0.6 is 0 Å². The summed E-state index contributed by atoms with van der Waals surface area (Å²) in [4.78, 5) is 0. The van der Waals surface area contributed by atoms with Crippen molar-refractivity contribution in [2.24, 2.45) is 7.05 Å². The SMILES string of the molecule is CC.Cn1[nH]c2ccccc21. The topological polar surface area (TPSA) is 20.7 Å². The van der Waals surface area contributed by atoms with Gasteiger partial charge >= 0.3 is 0 Å². The smallest absolute Gasteiger partial charge is 0.0818 e. The van der Waals surface area contributed by atoms with Gasteiger partial charge in [-0.25, -0.2) is 0 Å². The molecular formula is C9H14N2. The summed E-state index contributed by atoms with van der Waals surface area (Å²) in [5, 5.41) is 3.12. The molecule has 2 heteroatoms. The molecule has 0 aliphatic heterocycles. The first-order chi connectivity index (χ1) is 5.38. The molecule has 2 nitrogen and oxygen atoms in total. The van der Waals surface area contributed by atoms with Crippen molar-refractivity contribution in [1.82, 2.24) is 9.78 Å². The van der Waals surface area contributed by atoms with Crippen LogP contribution in [0.1, 0.15) is 13.8 Å². The lowest BCUT2D eigenvalue weighted by molar-refractivity contribution is 0.762. The first-order valence-corrected chi connectivity index (χ1v) is 3.97. The van der Waals surface area contributed by atoms with E-state index >= 15 is 0 Å². The van der Waals surface area contributed by atoms with E-state index in [2.05, 4.69) is 17.2 Å². The van der Waals surface area contributed by atoms with Gasteiger partial charge in [0, 0.05) is 7.05 Å². The highest BCUT2D eigenvalue weighted by atomic mass is 15.3. The molecule has 0 aliphatic carbocycles. The van der Waals surface area contributed by atoms with E-state index in [1.54, 1.807) is 0 Å². The normalized spacial score (nSPS) is 9.36. The van der Waals surface area contributed by atoms with Gasteiger partial charge in [-0.15, -0.1) is 0 Å². The standard InChI is InChI=1S/C7H8N2.C2H6/c1-9-7-5-3-2-4-6(7)8-9;1-2/h2-5,8H,1H3;1-2H3. The fourth-order valence-electron chi connectivity index (χ4n) is 1.05. The summed E-state index contributed by atoms with van der Waals surface area (Å²) in [6.07, 6.45) is 0. The van der Waals surface area contributed by atoms with Gasteiger partial charge in [0.1, 0.15) is 0 Å². The van der Waals surface area contributed by atoms with Crippen LogP contribution in [0, 0.1) is 0 Å². The van der Waals surface area contributed by atoms with Crippen LogP contribution in [0.15, 0.2) is 24.3 Å². The quantitative estimate of drug-likeness (QED) is 0.595. The molecule has 0 radical (unpaired) electrons. The molecule has 0 unspecified atom stereocenters. The van der Waals surface area contributed by atoms with Gasteiger partial charge in [0.15, 0.2) is 0 Å². The molecule has 0 bridgehead atoms. The van der Waals surface area contributed by atoms with Crippen LogP contribution < -0.4 is 0 Å². The number of nitrogens with zero attached hydrogens (tertiary/aromatic N) is 1. The van der Waals surface area contributed by atoms with E-state index < -0.39 is 0 Å². The van der Waals surface area contributed by atoms with Crippen LogP contribution in [0.3, 0.4) is 0 Å². The summed E-state index contributed by atoms with van der Waals surface area (Å²) in [7, 11) is 2.00. The van der Waals surface area contributed by atoms with Crippen LogP contribution in [0.25, 0.3) is 11.0 Å². The fraction of sp³-hybridized carbons (Fsp3) is 0.333. The van der Waals surface area contributed by atoms with Crippen LogP contribution in [-0.2, 0) is 7.05 Å². The van der Waals surface area contributed by atoms with Gasteiger partial charge in [0.25, 0.3) is 0 Å². The summed E-state index contributed by atoms with van der Waals surface area (Å²) >= 11 is 0. The Morgan fingerprint density at radius 3 is 2.27 bits per heavy atom. The number of aromatic amines is 1. The van der Waals surface area contributed by atoms with Gasteiger partial charge in [0.05, 0.1) is 11.0 Å². The molecule has 0 saturated carbocycles. The number of nitrogens with one attached hydrogen (secondary N) is 1. The first-order valence-electron chi connectivity index (χ1n) is 3.97. The number of benzene rings is 1. The molecule has 0 aliphatic rings. The molecule has 0 fully saturated rings. The zero-order chi connectivity index (χ0) is 8.27. The first kappa shape index (κ1) is 7.92. The van der Waals surface area contributed by atoms with E-state index in [-0.39, 0.29) is 0 Å². The number of hydrogen-bond donors (Lipinski definition) is 1. The van der Waals surface area contributed by atoms with Crippen molar-refractivity contribution in [2.75, 3.05) is 0 Å². The third-order valence-corrected chi connectivity index (χ3v) is 1.55. The highest BCUT2D eigenvalue weighted by Crippen LogP contribution is 2.10. The average molecular weight is 150 g/mol. The average Bonchev–Trinajstić information content (AvgIpc) is 2.07. The number of para-hydroxylation sites is 2. The van der Waals surface area contributed by atoms with Crippen molar-refractivity contribution in [3.8, 4) is 0 Å². The molecule has 11 heavy (non-hydrogen) atoms. The molecule has 1 heterocycles. The summed E-state index contributed by atoms with van der Waals surface area (Å²) in [5.74, 6) is 0. The molecule has 60 valence electrons. The number of aromatic nitrogens is 2. The number of rotatable bonds is 0. The Morgan fingerprint density at radius 2 is 1.82 bits per heavy atom. The number of fused-ring (bicyclic) bond motifs is 1. The maximum atomic E-state index is 3.12. The van der Waals surface area contributed by atoms with Crippen molar-refractivity contribution in [3.63, 3.8) is 0 Å². The molecule has 1 aromatic heterocycles. The lowest BCUT2D eigenvalue weighted by Crippen LogP contribution is -2.03. The van der Waals surface area contributed by atoms with Gasteiger partial charge in [-0.2, -0.15) is 0 Å². The lowest BCUT2D eigenvalue weighted by Gasteiger charge is -2.09. The molecule has 1 aromatic carbocycles. The van der Waals surface area contributed by atoms with E-state index in [1.807, 2.05) is 37.7 Å². The Labute approximate surface area is 66.8 Å². The Morgan fingerprint density at radius 1 is 1.18 bits per heavy atom. The molecule has 0 atom stereocenters. The summed E-state index contributed by atoms with van der Waals surface area (Å²) in [6, 6.07) is 8.22. The summed E-state index contributed by atoms with van der Waals surface area (Å²) in [6.45, 7) is 4.00. The van der Waals surface area contributed by atoms with Crippen LogP contribution in [-0.4, -0.2) is 9.78 Å². The molecule has 2 rings (SSSR count). The van der Waals surface area contributed by atoms with Crippen molar-refractivity contribution in [3.05, 3.63) is 24.3 Å². The third kappa shape index (κ3) is 1.29. The van der Waals surface area contributed by atoms with Crippen LogP contribution in [0.4, 0.5) is 0 Å². The molecule has 0 spiro atoms. The second kappa shape index (κ2) is 3.28. The summed E-state index contributed by atoms with van der Waals surface area (Å²) < 4.78 is 2.00. The van der Waals surface area contributed by atoms with Gasteiger partial charge in [-0.05, 0) is 12.1 Å². The molecule has 1 N–H and O–H groups in total. The van der Waals surface area contributed by atoms with Crippen LogP contribution in [0.5, 0.6) is 0 Å². The zero-order valence-electron chi connectivity index (χ0n) is 7.26. The minimum absolute atomic E-state index is 1.22.